The third kappa shape index (κ3) is 5.46. The fourth-order valence-corrected chi connectivity index (χ4v) is 2.38. The lowest BCUT2D eigenvalue weighted by Gasteiger charge is -2.28. The molecule has 1 rings (SSSR count). The van der Waals surface area contributed by atoms with Gasteiger partial charge in [-0.3, -0.25) is 9.69 Å². The molecular formula is C13H25N3O3. The zero-order chi connectivity index (χ0) is 14.4. The molecule has 0 aromatic rings. The van der Waals surface area contributed by atoms with Gasteiger partial charge in [0.05, 0.1) is 6.54 Å². The molecule has 1 aliphatic rings. The molecule has 6 nitrogen and oxygen atoms in total. The van der Waals surface area contributed by atoms with E-state index in [1.54, 1.807) is 4.90 Å². The van der Waals surface area contributed by atoms with E-state index in [-0.39, 0.29) is 12.6 Å². The Morgan fingerprint density at radius 1 is 1.21 bits per heavy atom. The van der Waals surface area contributed by atoms with Gasteiger partial charge in [0.1, 0.15) is 0 Å². The van der Waals surface area contributed by atoms with Gasteiger partial charge in [-0.25, -0.2) is 4.79 Å². The van der Waals surface area contributed by atoms with Crippen LogP contribution in [-0.2, 0) is 4.79 Å². The van der Waals surface area contributed by atoms with Crippen LogP contribution in [0.3, 0.4) is 0 Å². The highest BCUT2D eigenvalue weighted by Crippen LogP contribution is 2.07. The summed E-state index contributed by atoms with van der Waals surface area (Å²) < 4.78 is 0. The summed E-state index contributed by atoms with van der Waals surface area (Å²) in [7, 11) is 1.82. The maximum Gasteiger partial charge on any atom is 0.319 e. The first-order valence-corrected chi connectivity index (χ1v) is 6.84. The summed E-state index contributed by atoms with van der Waals surface area (Å²) in [5, 5.41) is 8.79. The summed E-state index contributed by atoms with van der Waals surface area (Å²) in [5.74, 6) is -0.360. The standard InChI is InChI=1S/C13H25N3O3/c1-11(2)9-14(3)13(19)16-6-4-5-15(7-8-16)10-12(17)18/h11H,4-10H2,1-3H3,(H,17,18). The number of hydrogen-bond acceptors (Lipinski definition) is 3. The topological polar surface area (TPSA) is 64.1 Å². The van der Waals surface area contributed by atoms with E-state index in [0.29, 0.717) is 25.6 Å². The van der Waals surface area contributed by atoms with Crippen molar-refractivity contribution in [3.63, 3.8) is 0 Å². The zero-order valence-electron chi connectivity index (χ0n) is 12.1. The maximum absolute atomic E-state index is 12.2. The molecule has 1 aliphatic heterocycles. The Kier molecular flexibility index (Phi) is 6.08. The van der Waals surface area contributed by atoms with Gasteiger partial charge in [-0.1, -0.05) is 13.8 Å². The molecule has 0 aromatic carbocycles. The number of carboxylic acid groups (broad SMARTS) is 1. The average molecular weight is 271 g/mol. The molecule has 0 unspecified atom stereocenters. The first-order valence-electron chi connectivity index (χ1n) is 6.84. The van der Waals surface area contributed by atoms with Gasteiger partial charge in [0.15, 0.2) is 0 Å². The molecule has 0 atom stereocenters. The van der Waals surface area contributed by atoms with Crippen LogP contribution in [0.5, 0.6) is 0 Å². The number of nitrogens with zero attached hydrogens (tertiary/aromatic N) is 3. The van der Waals surface area contributed by atoms with Crippen LogP contribution in [0.15, 0.2) is 0 Å². The van der Waals surface area contributed by atoms with Gasteiger partial charge >= 0.3 is 12.0 Å². The fourth-order valence-electron chi connectivity index (χ4n) is 2.38. The second-order valence-electron chi connectivity index (χ2n) is 5.57. The van der Waals surface area contributed by atoms with Gasteiger partial charge < -0.3 is 14.9 Å². The van der Waals surface area contributed by atoms with Crippen molar-refractivity contribution in [3.8, 4) is 0 Å². The Morgan fingerprint density at radius 2 is 1.89 bits per heavy atom. The number of carboxylic acids is 1. The highest BCUT2D eigenvalue weighted by Gasteiger charge is 2.22. The number of aliphatic carboxylic acids is 1. The molecule has 0 radical (unpaired) electrons. The highest BCUT2D eigenvalue weighted by atomic mass is 16.4. The number of rotatable bonds is 4. The van der Waals surface area contributed by atoms with Crippen molar-refractivity contribution in [2.24, 2.45) is 5.92 Å². The fraction of sp³-hybridized carbons (Fsp3) is 0.846. The minimum atomic E-state index is -0.809. The van der Waals surface area contributed by atoms with Gasteiger partial charge in [0.25, 0.3) is 0 Å². The lowest BCUT2D eigenvalue weighted by atomic mass is 10.2. The molecule has 1 heterocycles. The molecule has 1 fully saturated rings. The van der Waals surface area contributed by atoms with Crippen molar-refractivity contribution >= 4 is 12.0 Å². The van der Waals surface area contributed by atoms with Crippen LogP contribution in [0.4, 0.5) is 4.79 Å². The van der Waals surface area contributed by atoms with Crippen LogP contribution in [0, 0.1) is 5.92 Å². The molecule has 0 aromatic heterocycles. The predicted octanol–water partition coefficient (Wildman–Crippen LogP) is 0.786. The van der Waals surface area contributed by atoms with E-state index in [9.17, 15) is 9.59 Å². The zero-order valence-corrected chi connectivity index (χ0v) is 12.1. The van der Waals surface area contributed by atoms with Crippen molar-refractivity contribution in [1.82, 2.24) is 14.7 Å². The molecule has 0 saturated carbocycles. The van der Waals surface area contributed by atoms with Gasteiger partial charge in [-0.05, 0) is 12.3 Å². The molecule has 1 saturated heterocycles. The summed E-state index contributed by atoms with van der Waals surface area (Å²) in [6.07, 6.45) is 0.828. The minimum Gasteiger partial charge on any atom is -0.480 e. The SMILES string of the molecule is CC(C)CN(C)C(=O)N1CCCN(CC(=O)O)CC1. The van der Waals surface area contributed by atoms with Crippen molar-refractivity contribution in [1.29, 1.82) is 0 Å². The molecule has 6 heteroatoms. The molecule has 0 spiro atoms. The molecule has 110 valence electrons. The van der Waals surface area contributed by atoms with Crippen LogP contribution >= 0.6 is 0 Å². The molecule has 0 aliphatic carbocycles. The lowest BCUT2D eigenvalue weighted by Crippen LogP contribution is -2.44. The Balaban J connectivity index is 2.47. The molecular weight excluding hydrogens is 246 g/mol. The predicted molar refractivity (Wildman–Crippen MR) is 73.1 cm³/mol. The first kappa shape index (κ1) is 15.8. The minimum absolute atomic E-state index is 0.0471. The number of carbonyl (C=O) groups excluding carboxylic acids is 1. The first-order chi connectivity index (χ1) is 8.90. The van der Waals surface area contributed by atoms with Crippen molar-refractivity contribution in [2.45, 2.75) is 20.3 Å². The molecule has 2 amide bonds. The molecule has 0 bridgehead atoms. The van der Waals surface area contributed by atoms with Crippen LogP contribution < -0.4 is 0 Å². The van der Waals surface area contributed by atoms with Gasteiger partial charge in [-0.2, -0.15) is 0 Å². The maximum atomic E-state index is 12.2. The van der Waals surface area contributed by atoms with Crippen LogP contribution in [-0.4, -0.2) is 78.1 Å². The van der Waals surface area contributed by atoms with Gasteiger partial charge in [0.2, 0.25) is 0 Å². The van der Waals surface area contributed by atoms with E-state index in [2.05, 4.69) is 13.8 Å². The summed E-state index contributed by atoms with van der Waals surface area (Å²) >= 11 is 0. The van der Waals surface area contributed by atoms with E-state index in [0.717, 1.165) is 19.5 Å². The van der Waals surface area contributed by atoms with Crippen LogP contribution in [0.25, 0.3) is 0 Å². The summed E-state index contributed by atoms with van der Waals surface area (Å²) in [4.78, 5) is 28.4. The van der Waals surface area contributed by atoms with Gasteiger partial charge in [0, 0.05) is 39.8 Å². The third-order valence-electron chi connectivity index (χ3n) is 3.18. The monoisotopic (exact) mass is 271 g/mol. The van der Waals surface area contributed by atoms with E-state index in [1.165, 1.54) is 0 Å². The number of hydrogen-bond donors (Lipinski definition) is 1. The average Bonchev–Trinajstić information content (AvgIpc) is 2.52. The van der Waals surface area contributed by atoms with Crippen LogP contribution in [0.2, 0.25) is 0 Å². The van der Waals surface area contributed by atoms with E-state index in [1.807, 2.05) is 16.8 Å². The van der Waals surface area contributed by atoms with Crippen molar-refractivity contribution < 1.29 is 14.7 Å². The summed E-state index contributed by atoms with van der Waals surface area (Å²) in [6, 6.07) is 0.0471. The van der Waals surface area contributed by atoms with Crippen molar-refractivity contribution in [3.05, 3.63) is 0 Å². The number of carbonyl (C=O) groups is 2. The molecule has 19 heavy (non-hydrogen) atoms. The van der Waals surface area contributed by atoms with E-state index < -0.39 is 5.97 Å². The second-order valence-corrected chi connectivity index (χ2v) is 5.57. The van der Waals surface area contributed by atoms with Gasteiger partial charge in [-0.15, -0.1) is 0 Å². The summed E-state index contributed by atoms with van der Waals surface area (Å²) in [6.45, 7) is 7.66. The second kappa shape index (κ2) is 7.33. The van der Waals surface area contributed by atoms with Crippen LogP contribution in [0.1, 0.15) is 20.3 Å². The van der Waals surface area contributed by atoms with E-state index in [4.69, 9.17) is 5.11 Å². The number of urea groups is 1. The summed E-state index contributed by atoms with van der Waals surface area (Å²) in [5.41, 5.74) is 0. The Hall–Kier alpha value is -1.30. The Bertz CT molecular complexity index is 320. The number of amides is 2. The quantitative estimate of drug-likeness (QED) is 0.821. The smallest absolute Gasteiger partial charge is 0.319 e. The highest BCUT2D eigenvalue weighted by molar-refractivity contribution is 5.74. The third-order valence-corrected chi connectivity index (χ3v) is 3.18. The van der Waals surface area contributed by atoms with E-state index >= 15 is 0 Å². The Morgan fingerprint density at radius 3 is 2.47 bits per heavy atom. The Labute approximate surface area is 115 Å². The van der Waals surface area contributed by atoms with Crippen molar-refractivity contribution in [2.75, 3.05) is 46.3 Å². The molecule has 1 N–H and O–H groups in total. The lowest BCUT2D eigenvalue weighted by molar-refractivity contribution is -0.138. The normalized spacial score (nSPS) is 17.4. The largest absolute Gasteiger partial charge is 0.480 e.